The van der Waals surface area contributed by atoms with Crippen LogP contribution in [0.5, 0.6) is 0 Å². The van der Waals surface area contributed by atoms with Crippen LogP contribution in [0.15, 0.2) is 23.2 Å². The Bertz CT molecular complexity index is 1170. The first-order valence-electron chi connectivity index (χ1n) is 14.7. The number of ether oxygens (including phenoxy) is 1. The lowest BCUT2D eigenvalue weighted by Crippen LogP contribution is -2.53. The minimum absolute atomic E-state index is 0.0470. The van der Waals surface area contributed by atoms with Crippen molar-refractivity contribution in [1.82, 2.24) is 9.29 Å². The normalized spacial score (nSPS) is 39.6. The Morgan fingerprint density at radius 2 is 1.92 bits per heavy atom. The summed E-state index contributed by atoms with van der Waals surface area (Å²) in [6, 6.07) is 6.42. The lowest BCUT2D eigenvalue weighted by atomic mass is 9.48. The maximum absolute atomic E-state index is 13.5. The standard InChI is InChI=1S/C30H45N3O4S/c1-5-37-19-30(34)16-14-23-21(17-30)9-10-25-24(23)13-15-29(3)26(11-12-27(25)29)20(2)33(4)38(35,36)28-8-6-7-22(18-31)32-28/h6-8,20-21,23-27,34H,5,9-17,19H2,1-4H3/t20-,21-,23+,24-,25-,26?,27+,29-,30-/m1/s1. The molecule has 4 saturated carbocycles. The van der Waals surface area contributed by atoms with Crippen molar-refractivity contribution >= 4 is 10.0 Å². The molecular weight excluding hydrogens is 498 g/mol. The average Bonchev–Trinajstić information content (AvgIpc) is 3.28. The summed E-state index contributed by atoms with van der Waals surface area (Å²) in [6.45, 7) is 7.61. The van der Waals surface area contributed by atoms with Crippen molar-refractivity contribution in [2.75, 3.05) is 20.3 Å². The van der Waals surface area contributed by atoms with Crippen LogP contribution in [0.25, 0.3) is 0 Å². The molecule has 0 spiro atoms. The zero-order valence-corrected chi connectivity index (χ0v) is 24.3. The van der Waals surface area contributed by atoms with E-state index in [2.05, 4.69) is 18.8 Å². The van der Waals surface area contributed by atoms with Crippen LogP contribution >= 0.6 is 0 Å². The van der Waals surface area contributed by atoms with Gasteiger partial charge in [-0.1, -0.05) is 13.0 Å². The highest BCUT2D eigenvalue weighted by atomic mass is 32.2. The van der Waals surface area contributed by atoms with Gasteiger partial charge in [0.1, 0.15) is 11.8 Å². The third kappa shape index (κ3) is 4.72. The number of fused-ring (bicyclic) bond motifs is 5. The number of aliphatic hydroxyl groups is 1. The number of nitrogens with zero attached hydrogens (tertiary/aromatic N) is 3. The highest BCUT2D eigenvalue weighted by Gasteiger charge is 2.59. The molecule has 5 rings (SSSR count). The van der Waals surface area contributed by atoms with Crippen LogP contribution in [-0.2, 0) is 14.8 Å². The summed E-state index contributed by atoms with van der Waals surface area (Å²) in [7, 11) is -2.11. The molecule has 9 atom stereocenters. The number of hydrogen-bond donors (Lipinski definition) is 1. The second-order valence-corrected chi connectivity index (χ2v) is 14.9. The number of nitriles is 1. The minimum atomic E-state index is -3.79. The predicted octanol–water partition coefficient (Wildman–Crippen LogP) is 5.00. The number of hydrogen-bond acceptors (Lipinski definition) is 6. The van der Waals surface area contributed by atoms with Gasteiger partial charge in [0.25, 0.3) is 10.0 Å². The van der Waals surface area contributed by atoms with Gasteiger partial charge in [-0.25, -0.2) is 13.4 Å². The van der Waals surface area contributed by atoms with Crippen LogP contribution in [0, 0.1) is 52.3 Å². The lowest BCUT2D eigenvalue weighted by molar-refractivity contribution is -0.129. The highest BCUT2D eigenvalue weighted by molar-refractivity contribution is 7.89. The molecule has 8 heteroatoms. The largest absolute Gasteiger partial charge is 0.387 e. The Kier molecular flexibility index (Phi) is 7.71. The Morgan fingerprint density at radius 1 is 1.16 bits per heavy atom. The molecule has 0 amide bonds. The summed E-state index contributed by atoms with van der Waals surface area (Å²) in [5.74, 6) is 3.68. The summed E-state index contributed by atoms with van der Waals surface area (Å²) in [6.07, 6.45) is 9.86. The average molecular weight is 544 g/mol. The molecular formula is C30H45N3O4S. The van der Waals surface area contributed by atoms with Gasteiger partial charge in [-0.3, -0.25) is 0 Å². The fourth-order valence-corrected chi connectivity index (χ4v) is 10.8. The Balaban J connectivity index is 1.30. The van der Waals surface area contributed by atoms with E-state index >= 15 is 0 Å². The van der Waals surface area contributed by atoms with Crippen molar-refractivity contribution in [3.05, 3.63) is 23.9 Å². The van der Waals surface area contributed by atoms with Gasteiger partial charge in [-0.05, 0) is 125 Å². The van der Waals surface area contributed by atoms with Crippen molar-refractivity contribution < 1.29 is 18.3 Å². The van der Waals surface area contributed by atoms with Crippen molar-refractivity contribution in [2.24, 2.45) is 40.9 Å². The molecule has 1 heterocycles. The van der Waals surface area contributed by atoms with Crippen molar-refractivity contribution in [3.63, 3.8) is 0 Å². The molecule has 0 aromatic carbocycles. The van der Waals surface area contributed by atoms with Crippen LogP contribution < -0.4 is 0 Å². The van der Waals surface area contributed by atoms with Crippen LogP contribution in [0.4, 0.5) is 0 Å². The fraction of sp³-hybridized carbons (Fsp3) is 0.800. The maximum Gasteiger partial charge on any atom is 0.260 e. The molecule has 4 aliphatic rings. The first-order chi connectivity index (χ1) is 18.0. The summed E-state index contributed by atoms with van der Waals surface area (Å²) in [5.41, 5.74) is -0.407. The molecule has 1 N–H and O–H groups in total. The molecule has 0 radical (unpaired) electrons. The monoisotopic (exact) mass is 543 g/mol. The third-order valence-corrected chi connectivity index (χ3v) is 13.2. The number of sulfonamides is 1. The number of rotatable bonds is 7. The maximum atomic E-state index is 13.5. The molecule has 210 valence electrons. The topological polar surface area (TPSA) is 104 Å². The van der Waals surface area contributed by atoms with Crippen LogP contribution in [-0.4, -0.2) is 54.7 Å². The van der Waals surface area contributed by atoms with Gasteiger partial charge in [0, 0.05) is 19.7 Å². The Hall–Kier alpha value is -1.53. The molecule has 0 bridgehead atoms. The van der Waals surface area contributed by atoms with E-state index in [1.807, 2.05) is 13.0 Å². The fourth-order valence-electron chi connectivity index (χ4n) is 9.46. The van der Waals surface area contributed by atoms with E-state index in [1.54, 1.807) is 13.1 Å². The molecule has 4 aliphatic carbocycles. The van der Waals surface area contributed by atoms with Gasteiger partial charge < -0.3 is 9.84 Å². The molecule has 1 aromatic rings. The second kappa shape index (κ2) is 10.5. The Morgan fingerprint density at radius 3 is 2.66 bits per heavy atom. The van der Waals surface area contributed by atoms with Crippen LogP contribution in [0.2, 0.25) is 0 Å². The smallest absolute Gasteiger partial charge is 0.260 e. The van der Waals surface area contributed by atoms with E-state index < -0.39 is 15.6 Å². The summed E-state index contributed by atoms with van der Waals surface area (Å²) in [4.78, 5) is 4.09. The van der Waals surface area contributed by atoms with E-state index in [4.69, 9.17) is 4.74 Å². The minimum Gasteiger partial charge on any atom is -0.387 e. The van der Waals surface area contributed by atoms with Crippen LogP contribution in [0.1, 0.15) is 84.3 Å². The predicted molar refractivity (Wildman–Crippen MR) is 145 cm³/mol. The van der Waals surface area contributed by atoms with Crippen molar-refractivity contribution in [3.8, 4) is 6.07 Å². The number of pyridine rings is 1. The second-order valence-electron chi connectivity index (χ2n) is 13.0. The highest BCUT2D eigenvalue weighted by Crippen LogP contribution is 2.65. The lowest BCUT2D eigenvalue weighted by Gasteiger charge is -2.57. The van der Waals surface area contributed by atoms with E-state index in [-0.39, 0.29) is 22.2 Å². The molecule has 1 unspecified atom stereocenters. The SMILES string of the molecule is CCOC[C@@]1(O)CC[C@H]2[C@H](CC[C@@H]3[C@@H]2CC[C@]2(C)C([C@@H](C)N(C)S(=O)(=O)c4cccc(C#N)n4)CC[C@@H]32)C1. The molecule has 38 heavy (non-hydrogen) atoms. The first-order valence-corrected chi connectivity index (χ1v) is 16.1. The zero-order chi connectivity index (χ0) is 27.3. The molecule has 0 aliphatic heterocycles. The molecule has 4 fully saturated rings. The summed E-state index contributed by atoms with van der Waals surface area (Å²) in [5, 5.41) is 20.3. The quantitative estimate of drug-likeness (QED) is 0.519. The Labute approximate surface area is 229 Å². The summed E-state index contributed by atoms with van der Waals surface area (Å²) >= 11 is 0. The van der Waals surface area contributed by atoms with E-state index in [9.17, 15) is 18.8 Å². The van der Waals surface area contributed by atoms with E-state index in [1.165, 1.54) is 42.1 Å². The van der Waals surface area contributed by atoms with Gasteiger partial charge in [0.2, 0.25) is 0 Å². The third-order valence-electron chi connectivity index (χ3n) is 11.4. The molecule has 1 aromatic heterocycles. The van der Waals surface area contributed by atoms with Gasteiger partial charge in [-0.15, -0.1) is 0 Å². The van der Waals surface area contributed by atoms with Crippen LogP contribution in [0.3, 0.4) is 0 Å². The van der Waals surface area contributed by atoms with Gasteiger partial charge in [0.05, 0.1) is 12.2 Å². The van der Waals surface area contributed by atoms with Gasteiger partial charge >= 0.3 is 0 Å². The zero-order valence-electron chi connectivity index (χ0n) is 23.5. The van der Waals surface area contributed by atoms with E-state index in [0.29, 0.717) is 42.8 Å². The van der Waals surface area contributed by atoms with E-state index in [0.717, 1.165) is 38.0 Å². The summed E-state index contributed by atoms with van der Waals surface area (Å²) < 4.78 is 34.1. The van der Waals surface area contributed by atoms with Gasteiger partial charge in [0.15, 0.2) is 5.03 Å². The number of aromatic nitrogens is 1. The molecule has 0 saturated heterocycles. The first kappa shape index (κ1) is 28.0. The molecule has 7 nitrogen and oxygen atoms in total. The van der Waals surface area contributed by atoms with Crippen molar-refractivity contribution in [1.29, 1.82) is 5.26 Å². The van der Waals surface area contributed by atoms with Gasteiger partial charge in [-0.2, -0.15) is 9.57 Å². The van der Waals surface area contributed by atoms with Crippen molar-refractivity contribution in [2.45, 2.75) is 95.2 Å².